The predicted molar refractivity (Wildman–Crippen MR) is 141 cm³/mol. The van der Waals surface area contributed by atoms with E-state index in [9.17, 15) is 23.2 Å². The van der Waals surface area contributed by atoms with Crippen LogP contribution in [0, 0.1) is 11.6 Å². The van der Waals surface area contributed by atoms with Crippen LogP contribution in [0.15, 0.2) is 78.9 Å². The van der Waals surface area contributed by atoms with Crippen molar-refractivity contribution in [1.29, 1.82) is 0 Å². The molecule has 0 aliphatic heterocycles. The molecule has 0 saturated heterocycles. The molecule has 0 unspecified atom stereocenters. The number of hydrogen-bond donors (Lipinski definition) is 5. The van der Waals surface area contributed by atoms with Crippen LogP contribution in [-0.2, 0) is 25.7 Å². The molecule has 1 amide bonds. The van der Waals surface area contributed by atoms with Gasteiger partial charge in [0.1, 0.15) is 24.3 Å². The van der Waals surface area contributed by atoms with E-state index in [0.29, 0.717) is 0 Å². The van der Waals surface area contributed by atoms with Gasteiger partial charge >= 0.3 is 18.0 Å². The van der Waals surface area contributed by atoms with E-state index in [-0.39, 0.29) is 34.7 Å². The Kier molecular flexibility index (Phi) is 16.0. The van der Waals surface area contributed by atoms with Crippen LogP contribution in [0.4, 0.5) is 13.6 Å². The van der Waals surface area contributed by atoms with Gasteiger partial charge in [0.15, 0.2) is 6.04 Å². The summed E-state index contributed by atoms with van der Waals surface area (Å²) < 4.78 is 30.7. The molecule has 0 heterocycles. The fourth-order valence-corrected chi connectivity index (χ4v) is 2.70. The summed E-state index contributed by atoms with van der Waals surface area (Å²) in [6.45, 7) is 1.10. The van der Waals surface area contributed by atoms with Crippen molar-refractivity contribution in [1.82, 2.24) is 5.32 Å². The van der Waals surface area contributed by atoms with Gasteiger partial charge in [-0.3, -0.25) is 9.59 Å². The molecule has 0 aliphatic carbocycles. The van der Waals surface area contributed by atoms with Gasteiger partial charge in [-0.2, -0.15) is 0 Å². The summed E-state index contributed by atoms with van der Waals surface area (Å²) in [4.78, 5) is 42.3. The molecule has 39 heavy (non-hydrogen) atoms. The summed E-state index contributed by atoms with van der Waals surface area (Å²) in [6, 6.07) is 16.7. The van der Waals surface area contributed by atoms with E-state index >= 15 is 0 Å². The maximum Gasteiger partial charge on any atom is 0.408 e. The highest BCUT2D eigenvalue weighted by Crippen LogP contribution is 2.15. The molecule has 10 nitrogen and oxygen atoms in total. The molecule has 0 aliphatic rings. The zero-order chi connectivity index (χ0) is 28.7. The lowest BCUT2D eigenvalue weighted by atomic mass is 10.1. The van der Waals surface area contributed by atoms with E-state index in [1.807, 2.05) is 6.07 Å². The molecule has 0 radical (unpaired) electrons. The first-order valence-corrected chi connectivity index (χ1v) is 10.8. The van der Waals surface area contributed by atoms with Crippen molar-refractivity contribution in [3.63, 3.8) is 0 Å². The number of carbonyl (C=O) groups is 4. The van der Waals surface area contributed by atoms with E-state index in [1.165, 1.54) is 36.4 Å². The van der Waals surface area contributed by atoms with Gasteiger partial charge < -0.3 is 31.1 Å². The first-order chi connectivity index (χ1) is 17.9. The average molecular weight is 613 g/mol. The number of halogens is 3. The minimum absolute atomic E-state index is 0. The molecule has 0 bridgehead atoms. The van der Waals surface area contributed by atoms with Crippen molar-refractivity contribution in [2.45, 2.75) is 25.6 Å². The van der Waals surface area contributed by atoms with Crippen LogP contribution in [0.25, 0.3) is 0 Å². The zero-order valence-electron chi connectivity index (χ0n) is 20.5. The number of ether oxygens (including phenoxy) is 1. The molecule has 13 heteroatoms. The van der Waals surface area contributed by atoms with Crippen molar-refractivity contribution < 1.29 is 48.0 Å². The van der Waals surface area contributed by atoms with Crippen molar-refractivity contribution in [3.05, 3.63) is 107 Å². The normalized spacial score (nSPS) is 11.0. The van der Waals surface area contributed by atoms with Crippen LogP contribution in [0.3, 0.4) is 0 Å². The lowest BCUT2D eigenvalue weighted by molar-refractivity contribution is -0.140. The number of nitrogens with two attached hydrogens (primary N) is 1. The van der Waals surface area contributed by atoms with Crippen LogP contribution in [0.1, 0.15) is 35.7 Å². The van der Waals surface area contributed by atoms with Gasteiger partial charge in [0, 0.05) is 6.92 Å². The Labute approximate surface area is 232 Å². The van der Waals surface area contributed by atoms with Crippen LogP contribution in [0.5, 0.6) is 0 Å². The molecular formula is C26H27BrF2N2O8. The Hall–Kier alpha value is -4.36. The third-order valence-corrected chi connectivity index (χ3v) is 4.38. The van der Waals surface area contributed by atoms with E-state index in [0.717, 1.165) is 24.6 Å². The van der Waals surface area contributed by atoms with Crippen molar-refractivity contribution in [3.8, 4) is 0 Å². The number of aliphatic carboxylic acids is 3. The summed E-state index contributed by atoms with van der Waals surface area (Å²) in [5, 5.41) is 27.3. The molecule has 2 atom stereocenters. The molecule has 0 aromatic heterocycles. The smallest absolute Gasteiger partial charge is 0.408 e. The first-order valence-electron chi connectivity index (χ1n) is 10.8. The second-order valence-corrected chi connectivity index (χ2v) is 7.42. The van der Waals surface area contributed by atoms with Crippen molar-refractivity contribution >= 4 is 41.0 Å². The molecule has 0 fully saturated rings. The quantitative estimate of drug-likeness (QED) is 0.258. The van der Waals surface area contributed by atoms with Gasteiger partial charge in [0.2, 0.25) is 0 Å². The Bertz CT molecular complexity index is 1230. The molecule has 210 valence electrons. The van der Waals surface area contributed by atoms with Gasteiger partial charge in [-0.15, -0.1) is 17.0 Å². The van der Waals surface area contributed by atoms with Gasteiger partial charge in [0.25, 0.3) is 5.97 Å². The molecule has 3 aromatic rings. The highest BCUT2D eigenvalue weighted by Gasteiger charge is 2.23. The van der Waals surface area contributed by atoms with Crippen molar-refractivity contribution in [2.24, 2.45) is 5.73 Å². The average Bonchev–Trinajstić information content (AvgIpc) is 2.86. The van der Waals surface area contributed by atoms with Gasteiger partial charge in [-0.25, -0.2) is 18.4 Å². The van der Waals surface area contributed by atoms with E-state index in [1.54, 1.807) is 24.3 Å². The maximum atomic E-state index is 13.2. The molecule has 3 rings (SSSR count). The molecule has 6 N–H and O–H groups in total. The van der Waals surface area contributed by atoms with E-state index < -0.39 is 47.7 Å². The van der Waals surface area contributed by atoms with Crippen LogP contribution in [0.2, 0.25) is 0 Å². The Balaban J connectivity index is 0.000000716. The number of hydrogen-bond acceptors (Lipinski definition) is 6. The van der Waals surface area contributed by atoms with Gasteiger partial charge in [0.05, 0.1) is 0 Å². The largest absolute Gasteiger partial charge is 0.481 e. The fourth-order valence-electron chi connectivity index (χ4n) is 2.70. The van der Waals surface area contributed by atoms with Crippen LogP contribution >= 0.6 is 17.0 Å². The maximum absolute atomic E-state index is 13.2. The second kappa shape index (κ2) is 18.0. The van der Waals surface area contributed by atoms with Gasteiger partial charge in [-0.05, 0) is 41.0 Å². The molecule has 0 spiro atoms. The topological polar surface area (TPSA) is 176 Å². The van der Waals surface area contributed by atoms with Crippen LogP contribution < -0.4 is 11.1 Å². The lowest BCUT2D eigenvalue weighted by Gasteiger charge is -2.15. The standard InChI is InChI=1S/C16H14FNO4.C8H8FNO2.C2H4O2.BrH/c17-13-8-4-7-12(9-13)14(15(19)20)18-16(21)22-10-11-5-2-1-3-6-11;9-6-3-1-2-5(4-6)7(10)8(11)12;1-2(3)4;/h1-9,14H,10H2,(H,18,21)(H,19,20);1-4,7H,10H2,(H,11,12);1H3,(H,3,4);1H/t14-;7-;;/m00../s1. The number of nitrogens with one attached hydrogen (secondary N) is 1. The monoisotopic (exact) mass is 612 g/mol. The summed E-state index contributed by atoms with van der Waals surface area (Å²) in [6.07, 6.45) is -0.888. The van der Waals surface area contributed by atoms with Gasteiger partial charge in [-0.1, -0.05) is 54.6 Å². The lowest BCUT2D eigenvalue weighted by Crippen LogP contribution is -2.34. The highest BCUT2D eigenvalue weighted by atomic mass is 79.9. The number of carboxylic acid groups (broad SMARTS) is 3. The summed E-state index contributed by atoms with van der Waals surface area (Å²) in [5.74, 6) is -4.37. The summed E-state index contributed by atoms with van der Waals surface area (Å²) in [5.41, 5.74) is 6.41. The molecule has 3 aromatic carbocycles. The minimum atomic E-state index is -1.38. The molecular weight excluding hydrogens is 586 g/mol. The Morgan fingerprint density at radius 1 is 0.821 bits per heavy atom. The number of carboxylic acids is 3. The molecule has 0 saturated carbocycles. The number of alkyl carbamates (subject to hydrolysis) is 1. The van der Waals surface area contributed by atoms with E-state index in [2.05, 4.69) is 5.32 Å². The number of rotatable bonds is 7. The Morgan fingerprint density at radius 3 is 1.77 bits per heavy atom. The highest BCUT2D eigenvalue weighted by molar-refractivity contribution is 8.93. The minimum Gasteiger partial charge on any atom is -0.481 e. The number of amides is 1. The SMILES string of the molecule is Br.CC(=O)O.N[C@H](C(=O)O)c1cccc(F)c1.O=C(N[C@H](C(=O)O)c1cccc(F)c1)OCc1ccccc1. The van der Waals surface area contributed by atoms with Crippen molar-refractivity contribution in [2.75, 3.05) is 0 Å². The van der Waals surface area contributed by atoms with E-state index in [4.69, 9.17) is 30.6 Å². The zero-order valence-corrected chi connectivity index (χ0v) is 22.2. The second-order valence-electron chi connectivity index (χ2n) is 7.42. The third kappa shape index (κ3) is 14.2. The number of benzene rings is 3. The predicted octanol–water partition coefficient (Wildman–Crippen LogP) is 4.46. The third-order valence-electron chi connectivity index (χ3n) is 4.38. The fraction of sp³-hybridized carbons (Fsp3) is 0.154. The first kappa shape index (κ1) is 34.6. The Morgan fingerprint density at radius 2 is 1.31 bits per heavy atom. The summed E-state index contributed by atoms with van der Waals surface area (Å²) in [7, 11) is 0. The summed E-state index contributed by atoms with van der Waals surface area (Å²) >= 11 is 0. The number of carbonyl (C=O) groups excluding carboxylic acids is 1. The van der Waals surface area contributed by atoms with Crippen LogP contribution in [-0.4, -0.2) is 39.3 Å².